The molecule has 0 atom stereocenters. The highest BCUT2D eigenvalue weighted by Crippen LogP contribution is 2.28. The summed E-state index contributed by atoms with van der Waals surface area (Å²) in [6.07, 6.45) is -0.00487. The average molecular weight is 459 g/mol. The van der Waals surface area contributed by atoms with E-state index in [2.05, 4.69) is 10.6 Å². The molecular weight excluding hydrogens is 432 g/mol. The Morgan fingerprint density at radius 1 is 0.588 bits per heavy atom. The van der Waals surface area contributed by atoms with Crippen molar-refractivity contribution in [2.45, 2.75) is 12.8 Å². The van der Waals surface area contributed by atoms with E-state index in [9.17, 15) is 9.59 Å². The minimum atomic E-state index is -0.552. The van der Waals surface area contributed by atoms with Crippen molar-refractivity contribution in [2.24, 2.45) is 0 Å². The molecule has 4 rings (SSSR count). The molecule has 0 aliphatic heterocycles. The van der Waals surface area contributed by atoms with Crippen molar-refractivity contribution in [1.29, 1.82) is 0 Å². The third-order valence-corrected chi connectivity index (χ3v) is 5.39. The summed E-state index contributed by atoms with van der Waals surface area (Å²) in [5, 5.41) is 8.90. The van der Waals surface area contributed by atoms with Crippen LogP contribution in [0.4, 0.5) is 32.3 Å². The van der Waals surface area contributed by atoms with Gasteiger partial charge in [-0.05, 0) is 37.1 Å². The lowest BCUT2D eigenvalue weighted by Crippen LogP contribution is -2.16. The quantitative estimate of drug-likeness (QED) is 0.207. The molecule has 0 saturated heterocycles. The minimum Gasteiger partial charge on any atom is -0.449 e. The number of hydrogen-bond donors (Lipinski definition) is 4. The summed E-state index contributed by atoms with van der Waals surface area (Å²) >= 11 is 0. The minimum absolute atomic E-state index is 0.201. The van der Waals surface area contributed by atoms with E-state index in [1.54, 1.807) is 12.1 Å². The Balaban J connectivity index is 1.18. The number of ether oxygens (including phenoxy) is 2. The fourth-order valence-electron chi connectivity index (χ4n) is 3.71. The van der Waals surface area contributed by atoms with E-state index in [1.807, 2.05) is 60.7 Å². The molecule has 0 unspecified atom stereocenters. The normalized spacial score (nSPS) is 10.7. The van der Waals surface area contributed by atoms with Crippen LogP contribution in [0.3, 0.4) is 0 Å². The van der Waals surface area contributed by atoms with Gasteiger partial charge in [-0.3, -0.25) is 10.6 Å². The van der Waals surface area contributed by atoms with Crippen LogP contribution in [0, 0.1) is 0 Å². The number of carbonyl (C=O) groups excluding carboxylic acids is 2. The van der Waals surface area contributed by atoms with Gasteiger partial charge in [-0.25, -0.2) is 9.59 Å². The first kappa shape index (κ1) is 22.7. The van der Waals surface area contributed by atoms with E-state index in [-0.39, 0.29) is 13.2 Å². The molecule has 0 bridgehead atoms. The molecule has 0 spiro atoms. The molecule has 6 N–H and O–H groups in total. The highest BCUT2D eigenvalue weighted by atomic mass is 16.6. The number of amides is 2. The van der Waals surface area contributed by atoms with Crippen molar-refractivity contribution in [2.75, 3.05) is 35.3 Å². The number of carbonyl (C=O) groups is 2. The number of nitrogens with two attached hydrogens (primary N) is 2. The molecule has 4 aromatic carbocycles. The van der Waals surface area contributed by atoms with Crippen LogP contribution in [0.2, 0.25) is 0 Å². The maximum Gasteiger partial charge on any atom is 0.411 e. The Labute approximate surface area is 196 Å². The summed E-state index contributed by atoms with van der Waals surface area (Å²) in [6.45, 7) is 0.401. The van der Waals surface area contributed by atoms with Crippen LogP contribution in [-0.2, 0) is 9.47 Å². The van der Waals surface area contributed by atoms with E-state index in [0.717, 1.165) is 21.5 Å². The summed E-state index contributed by atoms with van der Waals surface area (Å²) in [5.74, 6) is 0. The Morgan fingerprint density at radius 2 is 0.971 bits per heavy atom. The Hall–Kier alpha value is -4.46. The van der Waals surface area contributed by atoms with Gasteiger partial charge in [0.15, 0.2) is 0 Å². The fourth-order valence-corrected chi connectivity index (χ4v) is 3.71. The van der Waals surface area contributed by atoms with E-state index in [1.165, 1.54) is 0 Å². The van der Waals surface area contributed by atoms with Gasteiger partial charge < -0.3 is 20.9 Å². The van der Waals surface area contributed by atoms with Crippen LogP contribution in [-0.4, -0.2) is 25.4 Å². The monoisotopic (exact) mass is 458 g/mol. The topological polar surface area (TPSA) is 129 Å². The second kappa shape index (κ2) is 10.4. The standard InChI is InChI=1S/C26H26N4O4/c27-21-11-3-9-19-17(21)7-5-13-23(19)29-25(31)33-15-1-2-16-34-26(32)30-24-14-6-8-18-20(24)10-4-12-22(18)28/h3-14H,1-2,15-16,27-28H2,(H,29,31)(H,30,32). The average Bonchev–Trinajstić information content (AvgIpc) is 2.83. The zero-order chi connectivity index (χ0) is 23.9. The SMILES string of the molecule is Nc1cccc2c(NC(=O)OCCCCOC(=O)Nc3cccc4c(N)cccc34)cccc12. The van der Waals surface area contributed by atoms with E-state index in [0.29, 0.717) is 35.6 Å². The molecule has 0 aromatic heterocycles. The van der Waals surface area contributed by atoms with Crippen molar-refractivity contribution in [1.82, 2.24) is 0 Å². The molecule has 0 fully saturated rings. The Morgan fingerprint density at radius 3 is 1.41 bits per heavy atom. The molecular formula is C26H26N4O4. The second-order valence-corrected chi connectivity index (χ2v) is 7.72. The number of unbranched alkanes of at least 4 members (excludes halogenated alkanes) is 1. The molecule has 0 radical (unpaired) electrons. The summed E-state index contributed by atoms with van der Waals surface area (Å²) in [4.78, 5) is 24.3. The molecule has 0 aliphatic rings. The predicted octanol–water partition coefficient (Wildman–Crippen LogP) is 5.73. The first-order valence-electron chi connectivity index (χ1n) is 10.9. The van der Waals surface area contributed by atoms with Crippen molar-refractivity contribution < 1.29 is 19.1 Å². The molecule has 0 saturated carbocycles. The number of nitrogens with one attached hydrogen (secondary N) is 2. The van der Waals surface area contributed by atoms with Crippen molar-refractivity contribution >= 4 is 56.5 Å². The molecule has 8 heteroatoms. The number of rotatable bonds is 7. The van der Waals surface area contributed by atoms with Gasteiger partial charge >= 0.3 is 12.2 Å². The molecule has 4 aromatic rings. The van der Waals surface area contributed by atoms with Gasteiger partial charge in [0, 0.05) is 32.9 Å². The number of fused-ring (bicyclic) bond motifs is 2. The highest BCUT2D eigenvalue weighted by Gasteiger charge is 2.09. The van der Waals surface area contributed by atoms with Crippen LogP contribution in [0.5, 0.6) is 0 Å². The summed E-state index contributed by atoms with van der Waals surface area (Å²) in [7, 11) is 0. The van der Waals surface area contributed by atoms with Crippen molar-refractivity contribution in [3.05, 3.63) is 72.8 Å². The fraction of sp³-hybridized carbons (Fsp3) is 0.154. The highest BCUT2D eigenvalue weighted by molar-refractivity contribution is 6.05. The predicted molar refractivity (Wildman–Crippen MR) is 136 cm³/mol. The zero-order valence-corrected chi connectivity index (χ0v) is 18.5. The smallest absolute Gasteiger partial charge is 0.411 e. The Bertz CT molecular complexity index is 1240. The van der Waals surface area contributed by atoms with Gasteiger partial charge in [0.05, 0.1) is 24.6 Å². The van der Waals surface area contributed by atoms with E-state index in [4.69, 9.17) is 20.9 Å². The van der Waals surface area contributed by atoms with Crippen LogP contribution >= 0.6 is 0 Å². The van der Waals surface area contributed by atoms with Gasteiger partial charge in [-0.1, -0.05) is 48.5 Å². The lowest BCUT2D eigenvalue weighted by Gasteiger charge is -2.11. The molecule has 0 heterocycles. The number of anilines is 4. The van der Waals surface area contributed by atoms with Crippen LogP contribution in [0.25, 0.3) is 21.5 Å². The first-order valence-corrected chi connectivity index (χ1v) is 10.9. The number of nitrogen functional groups attached to an aromatic ring is 2. The molecule has 2 amide bonds. The van der Waals surface area contributed by atoms with Crippen LogP contribution in [0.1, 0.15) is 12.8 Å². The second-order valence-electron chi connectivity index (χ2n) is 7.72. The van der Waals surface area contributed by atoms with Crippen molar-refractivity contribution in [3.63, 3.8) is 0 Å². The summed E-state index contributed by atoms with van der Waals surface area (Å²) in [6, 6.07) is 22.1. The summed E-state index contributed by atoms with van der Waals surface area (Å²) in [5.41, 5.74) is 14.5. The van der Waals surface area contributed by atoms with Gasteiger partial charge in [0.25, 0.3) is 0 Å². The van der Waals surface area contributed by atoms with Gasteiger partial charge in [-0.15, -0.1) is 0 Å². The zero-order valence-electron chi connectivity index (χ0n) is 18.5. The lowest BCUT2D eigenvalue weighted by molar-refractivity contribution is 0.143. The third-order valence-electron chi connectivity index (χ3n) is 5.39. The third kappa shape index (κ3) is 5.29. The van der Waals surface area contributed by atoms with Gasteiger partial charge in [0.2, 0.25) is 0 Å². The number of benzene rings is 4. The largest absolute Gasteiger partial charge is 0.449 e. The van der Waals surface area contributed by atoms with E-state index < -0.39 is 12.2 Å². The van der Waals surface area contributed by atoms with E-state index >= 15 is 0 Å². The van der Waals surface area contributed by atoms with Crippen molar-refractivity contribution in [3.8, 4) is 0 Å². The molecule has 0 aliphatic carbocycles. The molecule has 34 heavy (non-hydrogen) atoms. The first-order chi connectivity index (χ1) is 16.5. The maximum absolute atomic E-state index is 12.1. The Kier molecular flexibility index (Phi) is 6.98. The lowest BCUT2D eigenvalue weighted by atomic mass is 10.1. The van der Waals surface area contributed by atoms with Gasteiger partial charge in [0.1, 0.15) is 0 Å². The van der Waals surface area contributed by atoms with Crippen LogP contribution < -0.4 is 22.1 Å². The molecule has 8 nitrogen and oxygen atoms in total. The van der Waals surface area contributed by atoms with Gasteiger partial charge in [-0.2, -0.15) is 0 Å². The summed E-state index contributed by atoms with van der Waals surface area (Å²) < 4.78 is 10.5. The molecule has 174 valence electrons. The van der Waals surface area contributed by atoms with Crippen LogP contribution in [0.15, 0.2) is 72.8 Å². The maximum atomic E-state index is 12.1. The number of hydrogen-bond acceptors (Lipinski definition) is 6.